The lowest BCUT2D eigenvalue weighted by molar-refractivity contribution is 0.122. The molecular weight excluding hydrogens is 270 g/mol. The number of aryl methyl sites for hydroxylation is 1. The van der Waals surface area contributed by atoms with E-state index in [0.717, 1.165) is 56.0 Å². The predicted octanol–water partition coefficient (Wildman–Crippen LogP) is 0.606. The average molecular weight is 289 g/mol. The fourth-order valence-corrected chi connectivity index (χ4v) is 2.15. The third-order valence-electron chi connectivity index (χ3n) is 3.33. The second kappa shape index (κ2) is 6.49. The van der Waals surface area contributed by atoms with Crippen LogP contribution in [0.1, 0.15) is 18.4 Å². The van der Waals surface area contributed by atoms with Crippen LogP contribution in [0.3, 0.4) is 0 Å². The lowest BCUT2D eigenvalue weighted by Crippen LogP contribution is -2.37. The Hall–Kier alpha value is -2.22. The highest BCUT2D eigenvalue weighted by Gasteiger charge is 2.15. The SMILES string of the molecule is CCc1cc(NCc2ncn[nH]2)nc(N2CCOCC2)n1. The van der Waals surface area contributed by atoms with Crippen LogP contribution in [0.4, 0.5) is 11.8 Å². The van der Waals surface area contributed by atoms with Crippen LogP contribution in [0.2, 0.25) is 0 Å². The molecule has 0 saturated carbocycles. The Morgan fingerprint density at radius 2 is 2.19 bits per heavy atom. The number of aromatic nitrogens is 5. The van der Waals surface area contributed by atoms with Crippen LogP contribution in [0.15, 0.2) is 12.4 Å². The minimum Gasteiger partial charge on any atom is -0.378 e. The Bertz CT molecular complexity index is 566. The number of anilines is 2. The van der Waals surface area contributed by atoms with Gasteiger partial charge in [0, 0.05) is 24.8 Å². The number of nitrogens with zero attached hydrogens (tertiary/aromatic N) is 5. The maximum atomic E-state index is 5.37. The van der Waals surface area contributed by atoms with E-state index in [9.17, 15) is 0 Å². The molecule has 0 radical (unpaired) electrons. The molecule has 2 aromatic rings. The molecule has 1 fully saturated rings. The molecule has 3 rings (SSSR count). The molecule has 21 heavy (non-hydrogen) atoms. The van der Waals surface area contributed by atoms with Gasteiger partial charge >= 0.3 is 0 Å². The second-order valence-electron chi connectivity index (χ2n) is 4.78. The largest absolute Gasteiger partial charge is 0.378 e. The molecule has 3 heterocycles. The van der Waals surface area contributed by atoms with E-state index >= 15 is 0 Å². The topological polar surface area (TPSA) is 91.9 Å². The van der Waals surface area contributed by atoms with Crippen LogP contribution >= 0.6 is 0 Å². The van der Waals surface area contributed by atoms with Crippen LogP contribution in [-0.2, 0) is 17.7 Å². The van der Waals surface area contributed by atoms with Gasteiger partial charge in [-0.25, -0.2) is 9.97 Å². The smallest absolute Gasteiger partial charge is 0.227 e. The first-order valence-electron chi connectivity index (χ1n) is 7.14. The van der Waals surface area contributed by atoms with E-state index in [0.29, 0.717) is 6.54 Å². The predicted molar refractivity (Wildman–Crippen MR) is 78.2 cm³/mol. The normalized spacial score (nSPS) is 15.2. The van der Waals surface area contributed by atoms with Crippen molar-refractivity contribution in [1.29, 1.82) is 0 Å². The Labute approximate surface area is 123 Å². The van der Waals surface area contributed by atoms with Gasteiger partial charge in [-0.05, 0) is 6.42 Å². The van der Waals surface area contributed by atoms with Gasteiger partial charge in [0.25, 0.3) is 0 Å². The van der Waals surface area contributed by atoms with Gasteiger partial charge in [0.1, 0.15) is 18.0 Å². The maximum Gasteiger partial charge on any atom is 0.227 e. The summed E-state index contributed by atoms with van der Waals surface area (Å²) in [6, 6.07) is 1.97. The van der Waals surface area contributed by atoms with Gasteiger partial charge in [-0.15, -0.1) is 0 Å². The van der Waals surface area contributed by atoms with Gasteiger partial charge in [-0.3, -0.25) is 5.10 Å². The molecule has 0 unspecified atom stereocenters. The summed E-state index contributed by atoms with van der Waals surface area (Å²) >= 11 is 0. The molecule has 0 atom stereocenters. The van der Waals surface area contributed by atoms with Crippen molar-refractivity contribution in [3.8, 4) is 0 Å². The van der Waals surface area contributed by atoms with Gasteiger partial charge in [-0.2, -0.15) is 10.1 Å². The summed E-state index contributed by atoms with van der Waals surface area (Å²) in [5, 5.41) is 9.91. The average Bonchev–Trinajstić information content (AvgIpc) is 3.07. The van der Waals surface area contributed by atoms with Crippen molar-refractivity contribution in [1.82, 2.24) is 25.1 Å². The highest BCUT2D eigenvalue weighted by atomic mass is 16.5. The maximum absolute atomic E-state index is 5.37. The van der Waals surface area contributed by atoms with Crippen molar-refractivity contribution < 1.29 is 4.74 Å². The molecule has 112 valence electrons. The summed E-state index contributed by atoms with van der Waals surface area (Å²) in [7, 11) is 0. The molecule has 2 aromatic heterocycles. The highest BCUT2D eigenvalue weighted by molar-refractivity contribution is 5.44. The van der Waals surface area contributed by atoms with E-state index in [1.54, 1.807) is 0 Å². The number of rotatable bonds is 5. The van der Waals surface area contributed by atoms with Crippen molar-refractivity contribution in [2.45, 2.75) is 19.9 Å². The Morgan fingerprint density at radius 3 is 2.90 bits per heavy atom. The standard InChI is InChI=1S/C13H19N7O/c1-2-10-7-11(14-8-12-15-9-16-19-12)18-13(17-10)20-3-5-21-6-4-20/h7,9H,2-6,8H2,1H3,(H,14,17,18)(H,15,16,19). The van der Waals surface area contributed by atoms with Crippen molar-refractivity contribution in [3.63, 3.8) is 0 Å². The van der Waals surface area contributed by atoms with Crippen molar-refractivity contribution >= 4 is 11.8 Å². The van der Waals surface area contributed by atoms with Crippen molar-refractivity contribution in [2.24, 2.45) is 0 Å². The van der Waals surface area contributed by atoms with Gasteiger partial charge in [0.05, 0.1) is 19.8 Å². The zero-order valence-corrected chi connectivity index (χ0v) is 12.0. The van der Waals surface area contributed by atoms with Crippen LogP contribution in [0.5, 0.6) is 0 Å². The molecule has 2 N–H and O–H groups in total. The molecule has 0 aromatic carbocycles. The monoisotopic (exact) mass is 289 g/mol. The van der Waals surface area contributed by atoms with E-state index in [1.807, 2.05) is 6.07 Å². The molecule has 8 heteroatoms. The minimum atomic E-state index is 0.558. The van der Waals surface area contributed by atoms with Gasteiger partial charge < -0.3 is 15.0 Å². The van der Waals surface area contributed by atoms with Crippen molar-refractivity contribution in [2.75, 3.05) is 36.5 Å². The van der Waals surface area contributed by atoms with E-state index < -0.39 is 0 Å². The molecule has 0 aliphatic carbocycles. The first-order valence-corrected chi connectivity index (χ1v) is 7.14. The van der Waals surface area contributed by atoms with Crippen molar-refractivity contribution in [3.05, 3.63) is 23.9 Å². The van der Waals surface area contributed by atoms with Crippen LogP contribution in [-0.4, -0.2) is 51.5 Å². The lowest BCUT2D eigenvalue weighted by atomic mass is 10.3. The number of morpholine rings is 1. The molecule has 8 nitrogen and oxygen atoms in total. The highest BCUT2D eigenvalue weighted by Crippen LogP contribution is 2.16. The summed E-state index contributed by atoms with van der Waals surface area (Å²) < 4.78 is 5.37. The molecular formula is C13H19N7O. The molecule has 0 spiro atoms. The summed E-state index contributed by atoms with van der Waals surface area (Å²) in [6.07, 6.45) is 2.37. The fraction of sp³-hybridized carbons (Fsp3) is 0.538. The summed E-state index contributed by atoms with van der Waals surface area (Å²) in [5.74, 6) is 2.34. The number of nitrogens with one attached hydrogen (secondary N) is 2. The first-order chi connectivity index (χ1) is 10.3. The van der Waals surface area contributed by atoms with E-state index in [4.69, 9.17) is 4.74 Å². The van der Waals surface area contributed by atoms with E-state index in [1.165, 1.54) is 6.33 Å². The van der Waals surface area contributed by atoms with E-state index in [-0.39, 0.29) is 0 Å². The Morgan fingerprint density at radius 1 is 1.33 bits per heavy atom. The minimum absolute atomic E-state index is 0.558. The van der Waals surface area contributed by atoms with Gasteiger partial charge in [0.15, 0.2) is 0 Å². The molecule has 1 aliphatic heterocycles. The summed E-state index contributed by atoms with van der Waals surface area (Å²) in [4.78, 5) is 15.4. The zero-order chi connectivity index (χ0) is 14.5. The zero-order valence-electron chi connectivity index (χ0n) is 12.0. The Kier molecular flexibility index (Phi) is 4.25. The summed E-state index contributed by atoms with van der Waals surface area (Å²) in [5.41, 5.74) is 1.02. The number of aromatic amines is 1. The molecule has 0 bridgehead atoms. The van der Waals surface area contributed by atoms with Gasteiger partial charge in [-0.1, -0.05) is 6.92 Å². The first kappa shape index (κ1) is 13.7. The molecule has 1 saturated heterocycles. The van der Waals surface area contributed by atoms with Crippen LogP contribution < -0.4 is 10.2 Å². The third-order valence-corrected chi connectivity index (χ3v) is 3.33. The Balaban J connectivity index is 1.75. The number of ether oxygens (including phenoxy) is 1. The second-order valence-corrected chi connectivity index (χ2v) is 4.78. The number of hydrogen-bond donors (Lipinski definition) is 2. The number of hydrogen-bond acceptors (Lipinski definition) is 7. The molecule has 0 amide bonds. The summed E-state index contributed by atoms with van der Waals surface area (Å²) in [6.45, 7) is 5.75. The van der Waals surface area contributed by atoms with Crippen LogP contribution in [0, 0.1) is 0 Å². The van der Waals surface area contributed by atoms with Gasteiger partial charge in [0.2, 0.25) is 5.95 Å². The quantitative estimate of drug-likeness (QED) is 0.833. The fourth-order valence-electron chi connectivity index (χ4n) is 2.15. The van der Waals surface area contributed by atoms with E-state index in [2.05, 4.69) is 42.3 Å². The number of H-pyrrole nitrogens is 1. The third kappa shape index (κ3) is 3.46. The lowest BCUT2D eigenvalue weighted by Gasteiger charge is -2.27. The molecule has 1 aliphatic rings. The van der Waals surface area contributed by atoms with Crippen LogP contribution in [0.25, 0.3) is 0 Å².